The van der Waals surface area contributed by atoms with Crippen LogP contribution in [0.2, 0.25) is 0 Å². The molecule has 136 valence electrons. The van der Waals surface area contributed by atoms with Gasteiger partial charge in [0.05, 0.1) is 18.6 Å². The average Bonchev–Trinajstić information content (AvgIpc) is 2.65. The zero-order valence-corrected chi connectivity index (χ0v) is 14.9. The topological polar surface area (TPSA) is 110 Å². The normalized spacial score (nSPS) is 16.0. The minimum Gasteiger partial charge on any atom is -0.466 e. The Kier molecular flexibility index (Phi) is 3.92. The number of allylic oxidation sites excluding steroid dienone is 1. The Hall–Kier alpha value is -3.61. The number of H-pyrrole nitrogens is 1. The fourth-order valence-corrected chi connectivity index (χ4v) is 3.69. The molecule has 3 aromatic rings. The van der Waals surface area contributed by atoms with Crippen LogP contribution >= 0.6 is 0 Å². The molecule has 0 saturated carbocycles. The summed E-state index contributed by atoms with van der Waals surface area (Å²) < 4.78 is 5.03. The van der Waals surface area contributed by atoms with Gasteiger partial charge in [0.1, 0.15) is 11.6 Å². The van der Waals surface area contributed by atoms with E-state index >= 15 is 0 Å². The van der Waals surface area contributed by atoms with Crippen LogP contribution in [-0.2, 0) is 9.53 Å². The summed E-state index contributed by atoms with van der Waals surface area (Å²) in [5.41, 5.74) is 8.05. The summed E-state index contributed by atoms with van der Waals surface area (Å²) in [5.74, 6) is -0.470. The minimum absolute atomic E-state index is 0.171. The molecule has 2 aromatic carbocycles. The molecule has 0 bridgehead atoms. The third-order valence-electron chi connectivity index (χ3n) is 4.83. The zero-order chi connectivity index (χ0) is 19.1. The third kappa shape index (κ3) is 2.64. The van der Waals surface area contributed by atoms with Crippen molar-refractivity contribution in [3.8, 4) is 0 Å². The van der Waals surface area contributed by atoms with E-state index in [-0.39, 0.29) is 5.82 Å². The second-order valence-corrected chi connectivity index (χ2v) is 6.37. The first-order valence-electron chi connectivity index (χ1n) is 8.44. The maximum absolute atomic E-state index is 12.6. The number of methoxy groups -OCH3 is 1. The molecule has 27 heavy (non-hydrogen) atoms. The van der Waals surface area contributed by atoms with Crippen LogP contribution in [0.25, 0.3) is 10.8 Å². The van der Waals surface area contributed by atoms with Gasteiger partial charge >= 0.3 is 11.7 Å². The van der Waals surface area contributed by atoms with E-state index < -0.39 is 17.6 Å². The number of nitrogens with one attached hydrogen (secondary N) is 2. The highest BCUT2D eigenvalue weighted by atomic mass is 16.5. The fourth-order valence-electron chi connectivity index (χ4n) is 3.69. The SMILES string of the molecule is COC(=O)C1=C(C)Nc2nc(=O)[nH]c(N)c2C1c1cccc2ccccc12. The molecule has 1 aliphatic heterocycles. The van der Waals surface area contributed by atoms with Crippen LogP contribution in [0.5, 0.6) is 0 Å². The van der Waals surface area contributed by atoms with E-state index in [2.05, 4.69) is 15.3 Å². The number of benzene rings is 2. The van der Waals surface area contributed by atoms with Crippen molar-refractivity contribution >= 4 is 28.4 Å². The molecule has 1 unspecified atom stereocenters. The van der Waals surface area contributed by atoms with Gasteiger partial charge in [0.25, 0.3) is 0 Å². The van der Waals surface area contributed by atoms with Gasteiger partial charge in [0.2, 0.25) is 0 Å². The van der Waals surface area contributed by atoms with E-state index in [0.29, 0.717) is 22.7 Å². The lowest BCUT2D eigenvalue weighted by Crippen LogP contribution is -2.29. The number of nitrogens with zero attached hydrogens (tertiary/aromatic N) is 1. The number of aromatic amines is 1. The van der Waals surface area contributed by atoms with Gasteiger partial charge in [-0.2, -0.15) is 4.98 Å². The highest BCUT2D eigenvalue weighted by Gasteiger charge is 2.36. The summed E-state index contributed by atoms with van der Waals surface area (Å²) in [5, 5.41) is 5.04. The number of anilines is 2. The Bertz CT molecular complexity index is 1160. The molecule has 1 atom stereocenters. The molecule has 7 heteroatoms. The van der Waals surface area contributed by atoms with Crippen molar-refractivity contribution in [2.75, 3.05) is 18.2 Å². The maximum Gasteiger partial charge on any atom is 0.348 e. The van der Waals surface area contributed by atoms with Gasteiger partial charge in [0, 0.05) is 11.3 Å². The molecule has 0 aliphatic carbocycles. The summed E-state index contributed by atoms with van der Waals surface area (Å²) in [7, 11) is 1.34. The number of hydrogen-bond donors (Lipinski definition) is 3. The highest BCUT2D eigenvalue weighted by molar-refractivity contribution is 5.97. The van der Waals surface area contributed by atoms with E-state index in [1.54, 1.807) is 6.92 Å². The molecule has 0 radical (unpaired) electrons. The number of nitrogen functional groups attached to an aromatic ring is 1. The summed E-state index contributed by atoms with van der Waals surface area (Å²) in [6, 6.07) is 13.8. The van der Waals surface area contributed by atoms with Crippen molar-refractivity contribution in [1.82, 2.24) is 9.97 Å². The fraction of sp³-hybridized carbons (Fsp3) is 0.150. The number of rotatable bonds is 2. The van der Waals surface area contributed by atoms with E-state index in [1.807, 2.05) is 42.5 Å². The minimum atomic E-state index is -0.551. The van der Waals surface area contributed by atoms with Gasteiger partial charge in [-0.3, -0.25) is 4.98 Å². The van der Waals surface area contributed by atoms with Crippen LogP contribution in [0.4, 0.5) is 11.6 Å². The maximum atomic E-state index is 12.6. The second-order valence-electron chi connectivity index (χ2n) is 6.37. The number of ether oxygens (including phenoxy) is 1. The number of hydrogen-bond acceptors (Lipinski definition) is 6. The monoisotopic (exact) mass is 362 g/mol. The lowest BCUT2D eigenvalue weighted by molar-refractivity contribution is -0.136. The van der Waals surface area contributed by atoms with Gasteiger partial charge in [-0.05, 0) is 23.3 Å². The lowest BCUT2D eigenvalue weighted by Gasteiger charge is -2.30. The van der Waals surface area contributed by atoms with Gasteiger partial charge in [-0.15, -0.1) is 0 Å². The predicted octanol–water partition coefficient (Wildman–Crippen LogP) is 2.51. The van der Waals surface area contributed by atoms with E-state index in [1.165, 1.54) is 7.11 Å². The van der Waals surface area contributed by atoms with Crippen LogP contribution in [0.3, 0.4) is 0 Å². The van der Waals surface area contributed by atoms with Crippen molar-refractivity contribution in [3.63, 3.8) is 0 Å². The van der Waals surface area contributed by atoms with Crippen LogP contribution in [0.15, 0.2) is 58.5 Å². The Morgan fingerprint density at radius 2 is 1.93 bits per heavy atom. The molecule has 0 amide bonds. The van der Waals surface area contributed by atoms with E-state index in [4.69, 9.17) is 10.5 Å². The summed E-state index contributed by atoms with van der Waals surface area (Å²) in [4.78, 5) is 31.0. The van der Waals surface area contributed by atoms with Crippen molar-refractivity contribution in [1.29, 1.82) is 0 Å². The first kappa shape index (κ1) is 16.8. The zero-order valence-electron chi connectivity index (χ0n) is 14.9. The Morgan fingerprint density at radius 3 is 2.70 bits per heavy atom. The van der Waals surface area contributed by atoms with Gasteiger partial charge < -0.3 is 15.8 Å². The van der Waals surface area contributed by atoms with Crippen molar-refractivity contribution in [3.05, 3.63) is 75.3 Å². The lowest BCUT2D eigenvalue weighted by atomic mass is 9.80. The standard InChI is InChI=1S/C20H18N4O3/c1-10-14(19(25)27-2)15(16-17(21)23-20(26)24-18(16)22-10)13-9-5-7-11-6-3-4-8-12(11)13/h3-9,15H,1-2H3,(H4,21,22,23,24,26). The molecule has 0 saturated heterocycles. The van der Waals surface area contributed by atoms with E-state index in [9.17, 15) is 9.59 Å². The molecule has 2 heterocycles. The molecule has 4 N–H and O–H groups in total. The van der Waals surface area contributed by atoms with Crippen LogP contribution in [-0.4, -0.2) is 23.0 Å². The summed E-state index contributed by atoms with van der Waals surface area (Å²) >= 11 is 0. The first-order valence-corrected chi connectivity index (χ1v) is 8.44. The third-order valence-corrected chi connectivity index (χ3v) is 4.83. The van der Waals surface area contributed by atoms with Crippen LogP contribution in [0.1, 0.15) is 24.0 Å². The second kappa shape index (κ2) is 6.28. The van der Waals surface area contributed by atoms with Gasteiger partial charge in [-0.25, -0.2) is 9.59 Å². The number of esters is 1. The number of nitrogens with two attached hydrogens (primary N) is 1. The molecule has 1 aliphatic rings. The van der Waals surface area contributed by atoms with Crippen molar-refractivity contribution in [2.45, 2.75) is 12.8 Å². The Labute approximate surface area is 154 Å². The number of carbonyl (C=O) groups excluding carboxylic acids is 1. The molecule has 0 spiro atoms. The molecular weight excluding hydrogens is 344 g/mol. The number of fused-ring (bicyclic) bond motifs is 2. The van der Waals surface area contributed by atoms with Crippen molar-refractivity contribution in [2.24, 2.45) is 0 Å². The summed E-state index contributed by atoms with van der Waals surface area (Å²) in [6.45, 7) is 1.76. The van der Waals surface area contributed by atoms with Crippen molar-refractivity contribution < 1.29 is 9.53 Å². The molecule has 0 fully saturated rings. The predicted molar refractivity (Wildman–Crippen MR) is 103 cm³/mol. The van der Waals surface area contributed by atoms with Gasteiger partial charge in [-0.1, -0.05) is 42.5 Å². The number of aromatic nitrogens is 2. The molecule has 4 rings (SSSR count). The molecule has 7 nitrogen and oxygen atoms in total. The molecule has 1 aromatic heterocycles. The van der Waals surface area contributed by atoms with E-state index in [0.717, 1.165) is 16.3 Å². The smallest absolute Gasteiger partial charge is 0.348 e. The Balaban J connectivity index is 2.09. The quantitative estimate of drug-likeness (QED) is 0.604. The Morgan fingerprint density at radius 1 is 1.19 bits per heavy atom. The van der Waals surface area contributed by atoms with Crippen LogP contribution in [0, 0.1) is 0 Å². The summed E-state index contributed by atoms with van der Waals surface area (Å²) in [6.07, 6.45) is 0. The van der Waals surface area contributed by atoms with Gasteiger partial charge in [0.15, 0.2) is 0 Å². The molecular formula is C20H18N4O3. The largest absolute Gasteiger partial charge is 0.466 e. The first-order chi connectivity index (χ1) is 13.0. The highest BCUT2D eigenvalue weighted by Crippen LogP contribution is 2.44. The average molecular weight is 362 g/mol. The van der Waals surface area contributed by atoms with Crippen LogP contribution < -0.4 is 16.7 Å². The number of carbonyl (C=O) groups is 1.